The van der Waals surface area contributed by atoms with E-state index in [1.807, 2.05) is 7.05 Å². The molecule has 1 aliphatic heterocycles. The molecule has 0 spiro atoms. The normalized spacial score (nSPS) is 18.0. The lowest BCUT2D eigenvalue weighted by Gasteiger charge is -2.27. The molecule has 1 aliphatic rings. The molecule has 0 aliphatic carbocycles. The van der Waals surface area contributed by atoms with Gasteiger partial charge in [-0.15, -0.1) is 0 Å². The van der Waals surface area contributed by atoms with Crippen LogP contribution in [0.2, 0.25) is 0 Å². The third-order valence-corrected chi connectivity index (χ3v) is 5.00. The zero-order valence-electron chi connectivity index (χ0n) is 12.9. The van der Waals surface area contributed by atoms with Gasteiger partial charge in [0.05, 0.1) is 0 Å². The van der Waals surface area contributed by atoms with Crippen molar-refractivity contribution >= 4 is 5.69 Å². The lowest BCUT2D eigenvalue weighted by atomic mass is 9.82. The maximum Gasteiger partial charge on any atom is 0.0369 e. The van der Waals surface area contributed by atoms with Gasteiger partial charge in [0, 0.05) is 25.3 Å². The Morgan fingerprint density at radius 3 is 2.53 bits per heavy atom. The van der Waals surface area contributed by atoms with Crippen LogP contribution in [0.4, 0.5) is 5.69 Å². The summed E-state index contributed by atoms with van der Waals surface area (Å²) in [6.45, 7) is 10.3. The molecule has 1 fully saturated rings. The number of aryl methyl sites for hydroxylation is 1. The maximum absolute atomic E-state index is 3.23. The smallest absolute Gasteiger partial charge is 0.0369 e. The van der Waals surface area contributed by atoms with E-state index >= 15 is 0 Å². The molecule has 2 heteroatoms. The number of hydrogen-bond donors (Lipinski definition) is 1. The van der Waals surface area contributed by atoms with E-state index in [0.29, 0.717) is 5.41 Å². The van der Waals surface area contributed by atoms with Crippen molar-refractivity contribution in [2.24, 2.45) is 5.41 Å². The molecule has 106 valence electrons. The summed E-state index contributed by atoms with van der Waals surface area (Å²) in [6, 6.07) is 6.92. The van der Waals surface area contributed by atoms with E-state index in [2.05, 4.69) is 49.2 Å². The summed E-state index contributed by atoms with van der Waals surface area (Å²) in [5.41, 5.74) is 4.76. The lowest BCUT2D eigenvalue weighted by Crippen LogP contribution is -2.26. The van der Waals surface area contributed by atoms with Crippen LogP contribution < -0.4 is 10.2 Å². The predicted octanol–water partition coefficient (Wildman–Crippen LogP) is 3.73. The van der Waals surface area contributed by atoms with Gasteiger partial charge in [0.1, 0.15) is 0 Å². The number of hydrogen-bond acceptors (Lipinski definition) is 2. The molecule has 0 atom stereocenters. The molecule has 0 amide bonds. The molecular formula is C17H28N2. The summed E-state index contributed by atoms with van der Waals surface area (Å²) in [5, 5.41) is 3.23. The quantitative estimate of drug-likeness (QED) is 0.868. The van der Waals surface area contributed by atoms with Gasteiger partial charge < -0.3 is 10.2 Å². The van der Waals surface area contributed by atoms with Gasteiger partial charge in [-0.05, 0) is 61.9 Å². The van der Waals surface area contributed by atoms with Gasteiger partial charge in [0.15, 0.2) is 0 Å². The molecule has 2 nitrogen and oxygen atoms in total. The second kappa shape index (κ2) is 5.96. The summed E-state index contributed by atoms with van der Waals surface area (Å²) < 4.78 is 0. The summed E-state index contributed by atoms with van der Waals surface area (Å²) in [4.78, 5) is 2.57. The van der Waals surface area contributed by atoms with Crippen molar-refractivity contribution in [3.8, 4) is 0 Å². The monoisotopic (exact) mass is 260 g/mol. The molecule has 1 heterocycles. The molecule has 0 saturated carbocycles. The molecule has 1 saturated heterocycles. The van der Waals surface area contributed by atoms with Crippen LogP contribution in [0.15, 0.2) is 18.2 Å². The van der Waals surface area contributed by atoms with Crippen molar-refractivity contribution in [3.05, 3.63) is 29.3 Å². The summed E-state index contributed by atoms with van der Waals surface area (Å²) in [6.07, 6.45) is 3.95. The zero-order chi connectivity index (χ0) is 13.9. The van der Waals surface area contributed by atoms with Gasteiger partial charge in [-0.3, -0.25) is 0 Å². The average Bonchev–Trinajstić information content (AvgIpc) is 2.86. The average molecular weight is 260 g/mol. The van der Waals surface area contributed by atoms with Crippen molar-refractivity contribution in [1.82, 2.24) is 5.32 Å². The highest BCUT2D eigenvalue weighted by molar-refractivity contribution is 5.52. The molecule has 1 N–H and O–H groups in total. The van der Waals surface area contributed by atoms with E-state index in [9.17, 15) is 0 Å². The number of nitrogens with one attached hydrogen (secondary N) is 1. The molecule has 19 heavy (non-hydrogen) atoms. The first-order valence-corrected chi connectivity index (χ1v) is 7.63. The van der Waals surface area contributed by atoms with E-state index in [1.54, 1.807) is 0 Å². The highest BCUT2D eigenvalue weighted by Gasteiger charge is 2.34. The Hall–Kier alpha value is -1.02. The van der Waals surface area contributed by atoms with Gasteiger partial charge in [0.25, 0.3) is 0 Å². The summed E-state index contributed by atoms with van der Waals surface area (Å²) in [5.74, 6) is 0. The molecule has 1 aromatic rings. The number of nitrogens with zero attached hydrogens (tertiary/aromatic N) is 1. The number of benzene rings is 1. The third-order valence-electron chi connectivity index (χ3n) is 5.00. The van der Waals surface area contributed by atoms with Crippen LogP contribution in [-0.4, -0.2) is 20.1 Å². The Bertz CT molecular complexity index is 421. The minimum atomic E-state index is 0.553. The van der Waals surface area contributed by atoms with Crippen molar-refractivity contribution in [3.63, 3.8) is 0 Å². The van der Waals surface area contributed by atoms with Crippen LogP contribution in [0.25, 0.3) is 0 Å². The molecule has 2 rings (SSSR count). The highest BCUT2D eigenvalue weighted by atomic mass is 15.2. The molecule has 0 aromatic heterocycles. The zero-order valence-corrected chi connectivity index (χ0v) is 12.9. The Balaban J connectivity index is 2.13. The molecule has 0 unspecified atom stereocenters. The van der Waals surface area contributed by atoms with Crippen LogP contribution in [0, 0.1) is 12.3 Å². The van der Waals surface area contributed by atoms with Crippen molar-refractivity contribution in [1.29, 1.82) is 0 Å². The van der Waals surface area contributed by atoms with Gasteiger partial charge in [-0.1, -0.05) is 19.9 Å². The SMILES string of the molecule is CCC1(CC)CCN(c2ccc(CNC)c(C)c2)C1. The van der Waals surface area contributed by atoms with Crippen molar-refractivity contribution in [2.75, 3.05) is 25.0 Å². The van der Waals surface area contributed by atoms with Gasteiger partial charge in [-0.25, -0.2) is 0 Å². The van der Waals surface area contributed by atoms with Gasteiger partial charge in [-0.2, -0.15) is 0 Å². The van der Waals surface area contributed by atoms with Crippen molar-refractivity contribution < 1.29 is 0 Å². The van der Waals surface area contributed by atoms with E-state index in [-0.39, 0.29) is 0 Å². The number of anilines is 1. The minimum absolute atomic E-state index is 0.553. The lowest BCUT2D eigenvalue weighted by molar-refractivity contribution is 0.301. The standard InChI is InChI=1S/C17H28N2/c1-5-17(6-2)9-10-19(13-17)16-8-7-15(12-18-4)14(3)11-16/h7-8,11,18H,5-6,9-10,12-13H2,1-4H3. The second-order valence-electron chi connectivity index (χ2n) is 6.02. The topological polar surface area (TPSA) is 15.3 Å². The van der Waals surface area contributed by atoms with Gasteiger partial charge >= 0.3 is 0 Å². The van der Waals surface area contributed by atoms with E-state index < -0.39 is 0 Å². The molecule has 0 bridgehead atoms. The predicted molar refractivity (Wildman–Crippen MR) is 83.8 cm³/mol. The first-order valence-electron chi connectivity index (χ1n) is 7.63. The highest BCUT2D eigenvalue weighted by Crippen LogP contribution is 2.39. The van der Waals surface area contributed by atoms with Crippen LogP contribution >= 0.6 is 0 Å². The third kappa shape index (κ3) is 2.94. The van der Waals surface area contributed by atoms with E-state index in [4.69, 9.17) is 0 Å². The van der Waals surface area contributed by atoms with Gasteiger partial charge in [0.2, 0.25) is 0 Å². The Morgan fingerprint density at radius 1 is 1.26 bits per heavy atom. The van der Waals surface area contributed by atoms with Crippen LogP contribution in [0.5, 0.6) is 0 Å². The van der Waals surface area contributed by atoms with Crippen LogP contribution in [0.1, 0.15) is 44.2 Å². The second-order valence-corrected chi connectivity index (χ2v) is 6.02. The summed E-state index contributed by atoms with van der Waals surface area (Å²) in [7, 11) is 2.00. The fraction of sp³-hybridized carbons (Fsp3) is 0.647. The Labute approximate surface area is 118 Å². The fourth-order valence-corrected chi connectivity index (χ4v) is 3.25. The van der Waals surface area contributed by atoms with E-state index in [0.717, 1.165) is 6.54 Å². The summed E-state index contributed by atoms with van der Waals surface area (Å²) >= 11 is 0. The van der Waals surface area contributed by atoms with Crippen LogP contribution in [0.3, 0.4) is 0 Å². The van der Waals surface area contributed by atoms with Crippen LogP contribution in [-0.2, 0) is 6.54 Å². The van der Waals surface area contributed by atoms with Crippen molar-refractivity contribution in [2.45, 2.75) is 46.6 Å². The Kier molecular flexibility index (Phi) is 4.51. The van der Waals surface area contributed by atoms with E-state index in [1.165, 1.54) is 49.2 Å². The largest absolute Gasteiger partial charge is 0.371 e. The fourth-order valence-electron chi connectivity index (χ4n) is 3.25. The molecule has 1 aromatic carbocycles. The molecular weight excluding hydrogens is 232 g/mol. The first-order chi connectivity index (χ1) is 9.14. The molecule has 0 radical (unpaired) electrons. The first kappa shape index (κ1) is 14.4. The maximum atomic E-state index is 3.23. The number of rotatable bonds is 5. The Morgan fingerprint density at radius 2 is 2.00 bits per heavy atom. The minimum Gasteiger partial charge on any atom is -0.371 e.